The molecular weight excluding hydrogens is 450 g/mol. The molecule has 0 spiro atoms. The Hall–Kier alpha value is -3.71. The molecule has 0 fully saturated rings. The number of ketones is 1. The number of carbonyl (C=O) groups excluding carboxylic acids is 4. The van der Waals surface area contributed by atoms with Gasteiger partial charge in [0, 0.05) is 5.56 Å². The zero-order chi connectivity index (χ0) is 24.1. The van der Waals surface area contributed by atoms with Crippen LogP contribution >= 0.6 is 11.8 Å². The van der Waals surface area contributed by atoms with Crippen LogP contribution in [-0.4, -0.2) is 53.1 Å². The fourth-order valence-corrected chi connectivity index (χ4v) is 4.33. The van der Waals surface area contributed by atoms with Gasteiger partial charge in [0.15, 0.2) is 12.4 Å². The highest BCUT2D eigenvalue weighted by Gasteiger charge is 2.43. The standard InChI is InChI=1S/C27H23NO5S/c1-34-16-15-23(28-25(30)21-9-5-6-10-22(21)26(28)31)27(32)33-17-24(29)20-13-11-19(12-14-20)18-7-3-2-4-8-18/h2-14,23H,15-17H2,1H3/t23-/m1/s1. The first-order valence-electron chi connectivity index (χ1n) is 10.8. The minimum absolute atomic E-state index is 0.241. The summed E-state index contributed by atoms with van der Waals surface area (Å²) < 4.78 is 5.30. The van der Waals surface area contributed by atoms with E-state index in [0.29, 0.717) is 11.3 Å². The average molecular weight is 474 g/mol. The molecule has 0 saturated heterocycles. The first-order valence-corrected chi connectivity index (χ1v) is 12.2. The molecule has 0 unspecified atom stereocenters. The van der Waals surface area contributed by atoms with Crippen molar-refractivity contribution in [2.75, 3.05) is 18.6 Å². The van der Waals surface area contributed by atoms with Crippen LogP contribution in [0, 0.1) is 0 Å². The number of imide groups is 1. The molecule has 34 heavy (non-hydrogen) atoms. The Balaban J connectivity index is 1.44. The molecule has 7 heteroatoms. The van der Waals surface area contributed by atoms with Crippen molar-refractivity contribution in [1.82, 2.24) is 4.90 Å². The van der Waals surface area contributed by atoms with Crippen LogP contribution in [0.2, 0.25) is 0 Å². The van der Waals surface area contributed by atoms with E-state index < -0.39 is 30.4 Å². The van der Waals surface area contributed by atoms with E-state index in [0.717, 1.165) is 16.0 Å². The van der Waals surface area contributed by atoms with E-state index >= 15 is 0 Å². The molecule has 6 nitrogen and oxygen atoms in total. The third-order valence-electron chi connectivity index (χ3n) is 5.66. The summed E-state index contributed by atoms with van der Waals surface area (Å²) in [4.78, 5) is 52.2. The molecule has 172 valence electrons. The Bertz CT molecular complexity index is 1190. The van der Waals surface area contributed by atoms with Crippen LogP contribution in [0.3, 0.4) is 0 Å². The molecule has 1 aliphatic heterocycles. The summed E-state index contributed by atoms with van der Waals surface area (Å²) in [6.45, 7) is -0.470. The summed E-state index contributed by atoms with van der Waals surface area (Å²) in [5, 5.41) is 0. The number of thioether (sulfide) groups is 1. The number of Topliss-reactive ketones (excluding diaryl/α,β-unsaturated/α-hetero) is 1. The minimum atomic E-state index is -1.09. The van der Waals surface area contributed by atoms with E-state index in [4.69, 9.17) is 4.74 Å². The van der Waals surface area contributed by atoms with E-state index in [-0.39, 0.29) is 23.3 Å². The molecule has 0 bridgehead atoms. The summed E-state index contributed by atoms with van der Waals surface area (Å²) in [6.07, 6.45) is 2.11. The number of amides is 2. The van der Waals surface area contributed by atoms with Crippen LogP contribution in [-0.2, 0) is 9.53 Å². The fourth-order valence-electron chi connectivity index (χ4n) is 3.87. The summed E-state index contributed by atoms with van der Waals surface area (Å²) >= 11 is 1.49. The average Bonchev–Trinajstić information content (AvgIpc) is 3.13. The van der Waals surface area contributed by atoms with Crippen molar-refractivity contribution in [3.8, 4) is 11.1 Å². The molecule has 0 aromatic heterocycles. The van der Waals surface area contributed by atoms with Crippen molar-refractivity contribution in [3.63, 3.8) is 0 Å². The van der Waals surface area contributed by atoms with Crippen molar-refractivity contribution in [1.29, 1.82) is 0 Å². The van der Waals surface area contributed by atoms with Crippen LogP contribution in [0.15, 0.2) is 78.9 Å². The third-order valence-corrected chi connectivity index (χ3v) is 6.31. The number of nitrogens with zero attached hydrogens (tertiary/aromatic N) is 1. The van der Waals surface area contributed by atoms with E-state index in [1.54, 1.807) is 36.4 Å². The molecule has 1 heterocycles. The normalized spacial score (nSPS) is 13.5. The van der Waals surface area contributed by atoms with E-state index in [1.165, 1.54) is 11.8 Å². The van der Waals surface area contributed by atoms with Gasteiger partial charge in [-0.05, 0) is 41.7 Å². The molecule has 3 aromatic rings. The van der Waals surface area contributed by atoms with Gasteiger partial charge in [-0.1, -0.05) is 66.7 Å². The number of hydrogen-bond acceptors (Lipinski definition) is 6. The maximum Gasteiger partial charge on any atom is 0.329 e. The monoisotopic (exact) mass is 473 g/mol. The second-order valence-electron chi connectivity index (χ2n) is 7.80. The van der Waals surface area contributed by atoms with Gasteiger partial charge in [0.05, 0.1) is 11.1 Å². The van der Waals surface area contributed by atoms with Crippen molar-refractivity contribution in [3.05, 3.63) is 95.6 Å². The molecule has 1 atom stereocenters. The van der Waals surface area contributed by atoms with Gasteiger partial charge in [0.2, 0.25) is 0 Å². The SMILES string of the molecule is CSCC[C@H](C(=O)OCC(=O)c1ccc(-c2ccccc2)cc1)N1C(=O)c2ccccc2C1=O. The topological polar surface area (TPSA) is 80.8 Å². The fraction of sp³-hybridized carbons (Fsp3) is 0.185. The highest BCUT2D eigenvalue weighted by atomic mass is 32.2. The van der Waals surface area contributed by atoms with Gasteiger partial charge in [-0.15, -0.1) is 0 Å². The summed E-state index contributed by atoms with van der Waals surface area (Å²) in [6, 6.07) is 22.2. The molecule has 4 rings (SSSR count). The number of carbonyl (C=O) groups is 4. The van der Waals surface area contributed by atoms with E-state index in [1.807, 2.05) is 48.7 Å². The van der Waals surface area contributed by atoms with Crippen molar-refractivity contribution in [2.24, 2.45) is 0 Å². The van der Waals surface area contributed by atoms with E-state index in [2.05, 4.69) is 0 Å². The van der Waals surface area contributed by atoms with Gasteiger partial charge < -0.3 is 4.74 Å². The predicted molar refractivity (Wildman–Crippen MR) is 131 cm³/mol. The number of rotatable bonds is 9. The smallest absolute Gasteiger partial charge is 0.329 e. The number of benzene rings is 3. The van der Waals surface area contributed by atoms with Crippen molar-refractivity contribution in [2.45, 2.75) is 12.5 Å². The zero-order valence-electron chi connectivity index (χ0n) is 18.6. The second-order valence-corrected chi connectivity index (χ2v) is 8.78. The largest absolute Gasteiger partial charge is 0.456 e. The highest BCUT2D eigenvalue weighted by molar-refractivity contribution is 7.98. The molecule has 0 aliphatic carbocycles. The summed E-state index contributed by atoms with van der Waals surface area (Å²) in [5.74, 6) is -1.63. The van der Waals surface area contributed by atoms with Gasteiger partial charge in [-0.3, -0.25) is 19.3 Å². The number of fused-ring (bicyclic) bond motifs is 1. The predicted octanol–water partition coefficient (Wildman–Crippen LogP) is 4.50. The lowest BCUT2D eigenvalue weighted by Crippen LogP contribution is -2.46. The molecule has 0 N–H and O–H groups in total. The van der Waals surface area contributed by atoms with Crippen LogP contribution in [0.25, 0.3) is 11.1 Å². The molecule has 2 amide bonds. The first kappa shape index (κ1) is 23.4. The summed E-state index contributed by atoms with van der Waals surface area (Å²) in [5.41, 5.74) is 2.95. The lowest BCUT2D eigenvalue weighted by molar-refractivity contribution is -0.147. The third kappa shape index (κ3) is 4.79. The van der Waals surface area contributed by atoms with Crippen molar-refractivity contribution < 1.29 is 23.9 Å². The lowest BCUT2D eigenvalue weighted by Gasteiger charge is -2.24. The Kier molecular flexibility index (Phi) is 7.23. The van der Waals surface area contributed by atoms with Crippen LogP contribution in [0.5, 0.6) is 0 Å². The van der Waals surface area contributed by atoms with Gasteiger partial charge in [0.25, 0.3) is 11.8 Å². The maximum absolute atomic E-state index is 12.9. The molecular formula is C27H23NO5S. The van der Waals surface area contributed by atoms with Crippen LogP contribution in [0.4, 0.5) is 0 Å². The maximum atomic E-state index is 12.9. The lowest BCUT2D eigenvalue weighted by atomic mass is 10.0. The number of hydrogen-bond donors (Lipinski definition) is 0. The van der Waals surface area contributed by atoms with Gasteiger partial charge in [-0.25, -0.2) is 4.79 Å². The van der Waals surface area contributed by atoms with Gasteiger partial charge in [-0.2, -0.15) is 11.8 Å². The number of esters is 1. The molecule has 3 aromatic carbocycles. The molecule has 0 radical (unpaired) electrons. The van der Waals surface area contributed by atoms with E-state index in [9.17, 15) is 19.2 Å². The van der Waals surface area contributed by atoms with Crippen LogP contribution in [0.1, 0.15) is 37.5 Å². The second kappa shape index (κ2) is 10.5. The van der Waals surface area contributed by atoms with Crippen molar-refractivity contribution >= 4 is 35.3 Å². The Labute approximate surface area is 201 Å². The Morgan fingerprint density at radius 2 is 1.38 bits per heavy atom. The highest BCUT2D eigenvalue weighted by Crippen LogP contribution is 2.27. The van der Waals surface area contributed by atoms with Gasteiger partial charge >= 0.3 is 5.97 Å². The Morgan fingerprint density at radius 1 is 0.824 bits per heavy atom. The minimum Gasteiger partial charge on any atom is -0.456 e. The van der Waals surface area contributed by atoms with Crippen LogP contribution < -0.4 is 0 Å². The quantitative estimate of drug-likeness (QED) is 0.259. The first-order chi connectivity index (χ1) is 16.5. The molecule has 1 aliphatic rings. The zero-order valence-corrected chi connectivity index (χ0v) is 19.4. The van der Waals surface area contributed by atoms with Gasteiger partial charge in [0.1, 0.15) is 6.04 Å². The molecule has 0 saturated carbocycles. The summed E-state index contributed by atoms with van der Waals surface area (Å²) in [7, 11) is 0. The number of ether oxygens (including phenoxy) is 1. The Morgan fingerprint density at radius 3 is 1.97 bits per heavy atom.